The van der Waals surface area contributed by atoms with Crippen LogP contribution in [0.15, 0.2) is 54.6 Å². The van der Waals surface area contributed by atoms with Crippen LogP contribution in [0.5, 0.6) is 0 Å². The van der Waals surface area contributed by atoms with Crippen molar-refractivity contribution in [3.8, 4) is 0 Å². The Morgan fingerprint density at radius 1 is 1.06 bits per heavy atom. The molecule has 0 saturated carbocycles. The number of nitrogens with one attached hydrogen (secondary N) is 1. The number of carbonyl (C=O) groups is 2. The average Bonchev–Trinajstić information content (AvgIpc) is 3.09. The highest BCUT2D eigenvalue weighted by molar-refractivity contribution is 7.23. The average molecular weight is 436 g/mol. The van der Waals surface area contributed by atoms with Crippen molar-refractivity contribution >= 4 is 44.4 Å². The smallest absolute Gasteiger partial charge is 0.341 e. The zero-order valence-corrected chi connectivity index (χ0v) is 19.3. The van der Waals surface area contributed by atoms with Gasteiger partial charge < -0.3 is 10.1 Å². The van der Waals surface area contributed by atoms with Gasteiger partial charge in [0, 0.05) is 16.2 Å². The van der Waals surface area contributed by atoms with Crippen LogP contribution in [0.4, 0.5) is 5.00 Å². The van der Waals surface area contributed by atoms with Crippen LogP contribution >= 0.6 is 11.3 Å². The van der Waals surface area contributed by atoms with Gasteiger partial charge in [-0.3, -0.25) is 4.79 Å². The molecule has 0 aliphatic heterocycles. The molecular weight excluding hydrogens is 406 g/mol. The third-order valence-electron chi connectivity index (χ3n) is 4.97. The van der Waals surface area contributed by atoms with Gasteiger partial charge >= 0.3 is 5.97 Å². The number of hydrogen-bond donors (Lipinski definition) is 1. The number of benzene rings is 2. The number of anilines is 1. The third kappa shape index (κ3) is 5.82. The van der Waals surface area contributed by atoms with E-state index in [1.165, 1.54) is 23.0 Å². The van der Waals surface area contributed by atoms with Crippen LogP contribution in [0.3, 0.4) is 0 Å². The SMILES string of the molecule is CCCCOC(=O)c1c(NC(=O)C=Cc2ccc(C(C)(C)C)cc2)sc2ccccc12. The monoisotopic (exact) mass is 435 g/mol. The summed E-state index contributed by atoms with van der Waals surface area (Å²) in [5.41, 5.74) is 2.69. The first kappa shape index (κ1) is 22.8. The number of amides is 1. The summed E-state index contributed by atoms with van der Waals surface area (Å²) in [4.78, 5) is 25.3. The lowest BCUT2D eigenvalue weighted by molar-refractivity contribution is -0.111. The molecule has 2 aromatic carbocycles. The summed E-state index contributed by atoms with van der Waals surface area (Å²) in [6.45, 7) is 8.92. The Hall–Kier alpha value is -2.92. The van der Waals surface area contributed by atoms with Crippen LogP contribution in [0.2, 0.25) is 0 Å². The van der Waals surface area contributed by atoms with Gasteiger partial charge in [0.05, 0.1) is 6.61 Å². The van der Waals surface area contributed by atoms with E-state index in [0.29, 0.717) is 17.2 Å². The number of hydrogen-bond acceptors (Lipinski definition) is 4. The number of thiophene rings is 1. The van der Waals surface area contributed by atoms with Gasteiger partial charge in [0.2, 0.25) is 5.91 Å². The summed E-state index contributed by atoms with van der Waals surface area (Å²) in [6.07, 6.45) is 5.02. The lowest BCUT2D eigenvalue weighted by Gasteiger charge is -2.18. The maximum Gasteiger partial charge on any atom is 0.341 e. The molecule has 4 nitrogen and oxygen atoms in total. The molecule has 0 bridgehead atoms. The van der Waals surface area contributed by atoms with Gasteiger partial charge in [0.15, 0.2) is 0 Å². The minimum atomic E-state index is -0.400. The van der Waals surface area contributed by atoms with Crippen molar-refractivity contribution in [3.63, 3.8) is 0 Å². The lowest BCUT2D eigenvalue weighted by Crippen LogP contribution is -2.12. The maximum absolute atomic E-state index is 12.7. The molecule has 0 unspecified atom stereocenters. The van der Waals surface area contributed by atoms with Crippen LogP contribution in [0.25, 0.3) is 16.2 Å². The third-order valence-corrected chi connectivity index (χ3v) is 6.06. The van der Waals surface area contributed by atoms with Crippen molar-refractivity contribution in [2.45, 2.75) is 46.0 Å². The van der Waals surface area contributed by atoms with E-state index in [9.17, 15) is 9.59 Å². The normalized spacial score (nSPS) is 11.7. The molecule has 0 spiro atoms. The van der Waals surface area contributed by atoms with Gasteiger partial charge in [-0.2, -0.15) is 0 Å². The summed E-state index contributed by atoms with van der Waals surface area (Å²) in [5, 5.41) is 4.18. The van der Waals surface area contributed by atoms with E-state index in [1.807, 2.05) is 43.3 Å². The van der Waals surface area contributed by atoms with E-state index in [1.54, 1.807) is 6.08 Å². The Labute approximate surface area is 187 Å². The Bertz CT molecular complexity index is 1090. The maximum atomic E-state index is 12.7. The number of rotatable bonds is 7. The predicted molar refractivity (Wildman–Crippen MR) is 130 cm³/mol. The van der Waals surface area contributed by atoms with Gasteiger partial charge in [0.25, 0.3) is 0 Å². The highest BCUT2D eigenvalue weighted by atomic mass is 32.1. The molecule has 0 aliphatic rings. The lowest BCUT2D eigenvalue weighted by atomic mass is 9.87. The van der Waals surface area contributed by atoms with Crippen molar-refractivity contribution in [3.05, 3.63) is 71.3 Å². The largest absolute Gasteiger partial charge is 0.462 e. The minimum absolute atomic E-state index is 0.0862. The van der Waals surface area contributed by atoms with Gasteiger partial charge in [-0.15, -0.1) is 11.3 Å². The molecule has 1 heterocycles. The van der Waals surface area contributed by atoms with E-state index in [4.69, 9.17) is 4.74 Å². The van der Waals surface area contributed by atoms with E-state index in [0.717, 1.165) is 28.5 Å². The van der Waals surface area contributed by atoms with Crippen LogP contribution in [-0.4, -0.2) is 18.5 Å². The van der Waals surface area contributed by atoms with E-state index < -0.39 is 5.97 Å². The molecule has 1 amide bonds. The summed E-state index contributed by atoms with van der Waals surface area (Å²) in [7, 11) is 0. The summed E-state index contributed by atoms with van der Waals surface area (Å²) >= 11 is 1.38. The summed E-state index contributed by atoms with van der Waals surface area (Å²) < 4.78 is 6.36. The highest BCUT2D eigenvalue weighted by Crippen LogP contribution is 2.36. The molecule has 1 aromatic heterocycles. The molecule has 31 heavy (non-hydrogen) atoms. The van der Waals surface area contributed by atoms with Gasteiger partial charge in [-0.1, -0.05) is 76.6 Å². The zero-order valence-electron chi connectivity index (χ0n) is 18.5. The topological polar surface area (TPSA) is 55.4 Å². The Morgan fingerprint density at radius 2 is 1.77 bits per heavy atom. The van der Waals surface area contributed by atoms with Gasteiger partial charge in [0.1, 0.15) is 10.6 Å². The Kier molecular flexibility index (Phi) is 7.29. The fourth-order valence-corrected chi connectivity index (χ4v) is 4.23. The van der Waals surface area contributed by atoms with Crippen LogP contribution in [0, 0.1) is 0 Å². The molecule has 0 radical (unpaired) electrons. The number of ether oxygens (including phenoxy) is 1. The van der Waals surface area contributed by atoms with Gasteiger partial charge in [-0.25, -0.2) is 4.79 Å². The van der Waals surface area contributed by atoms with Crippen LogP contribution in [0.1, 0.15) is 62.0 Å². The molecular formula is C26H29NO3S. The molecule has 0 atom stereocenters. The molecule has 0 saturated heterocycles. The molecule has 5 heteroatoms. The highest BCUT2D eigenvalue weighted by Gasteiger charge is 2.21. The first-order chi connectivity index (χ1) is 14.8. The standard InChI is InChI=1S/C26H29NO3S/c1-5-6-17-30-25(29)23-20-9-7-8-10-21(20)31-24(23)27-22(28)16-13-18-11-14-19(15-12-18)26(2,3)4/h7-16H,5-6,17H2,1-4H3,(H,27,28). The van der Waals surface area contributed by atoms with Crippen molar-refractivity contribution in [2.75, 3.05) is 11.9 Å². The summed E-state index contributed by atoms with van der Waals surface area (Å²) in [5.74, 6) is -0.683. The summed E-state index contributed by atoms with van der Waals surface area (Å²) in [6, 6.07) is 15.8. The molecule has 1 N–H and O–H groups in total. The molecule has 0 aliphatic carbocycles. The zero-order chi connectivity index (χ0) is 22.4. The fourth-order valence-electron chi connectivity index (χ4n) is 3.14. The van der Waals surface area contributed by atoms with Crippen molar-refractivity contribution in [1.82, 2.24) is 0 Å². The second kappa shape index (κ2) is 9.92. The van der Waals surface area contributed by atoms with Crippen molar-refractivity contribution in [1.29, 1.82) is 0 Å². The number of fused-ring (bicyclic) bond motifs is 1. The fraction of sp³-hybridized carbons (Fsp3) is 0.308. The minimum Gasteiger partial charge on any atom is -0.462 e. The quantitative estimate of drug-likeness (QED) is 0.252. The van der Waals surface area contributed by atoms with Crippen molar-refractivity contribution in [2.24, 2.45) is 0 Å². The number of esters is 1. The molecule has 162 valence electrons. The predicted octanol–water partition coefficient (Wildman–Crippen LogP) is 6.81. The second-order valence-electron chi connectivity index (χ2n) is 8.49. The number of carbonyl (C=O) groups excluding carboxylic acids is 2. The number of unbranched alkanes of at least 4 members (excludes halogenated alkanes) is 1. The van der Waals surface area contributed by atoms with Gasteiger partial charge in [-0.05, 0) is 35.1 Å². The molecule has 3 aromatic rings. The first-order valence-electron chi connectivity index (χ1n) is 10.6. The molecule has 0 fully saturated rings. The van der Waals surface area contributed by atoms with Crippen LogP contribution < -0.4 is 5.32 Å². The molecule has 3 rings (SSSR count). The van der Waals surface area contributed by atoms with E-state index >= 15 is 0 Å². The second-order valence-corrected chi connectivity index (χ2v) is 9.54. The van der Waals surface area contributed by atoms with E-state index in [-0.39, 0.29) is 11.3 Å². The Balaban J connectivity index is 1.77. The van der Waals surface area contributed by atoms with E-state index in [2.05, 4.69) is 38.2 Å². The Morgan fingerprint density at radius 3 is 2.45 bits per heavy atom. The first-order valence-corrected chi connectivity index (χ1v) is 11.4. The van der Waals surface area contributed by atoms with Crippen molar-refractivity contribution < 1.29 is 14.3 Å². The van der Waals surface area contributed by atoms with Crippen LogP contribution in [-0.2, 0) is 14.9 Å².